The van der Waals surface area contributed by atoms with E-state index in [1.54, 1.807) is 0 Å². The molecule has 1 saturated carbocycles. The largest absolute Gasteiger partial charge is 0.314 e. The summed E-state index contributed by atoms with van der Waals surface area (Å²) < 4.78 is 0. The maximum absolute atomic E-state index is 3.53. The second-order valence-corrected chi connectivity index (χ2v) is 5.60. The molecule has 0 spiro atoms. The quantitative estimate of drug-likeness (QED) is 0.749. The minimum absolute atomic E-state index is 0.836. The lowest BCUT2D eigenvalue weighted by Crippen LogP contribution is -2.16. The molecule has 0 aromatic carbocycles. The molecule has 82 valence electrons. The Morgan fingerprint density at radius 3 is 2.93 bits per heavy atom. The van der Waals surface area contributed by atoms with Gasteiger partial charge in [-0.25, -0.2) is 0 Å². The van der Waals surface area contributed by atoms with Gasteiger partial charge in [0.05, 0.1) is 0 Å². The molecule has 0 saturated heterocycles. The van der Waals surface area contributed by atoms with Crippen molar-refractivity contribution in [2.24, 2.45) is 0 Å². The lowest BCUT2D eigenvalue weighted by Gasteiger charge is -2.00. The topological polar surface area (TPSA) is 12.0 Å². The minimum Gasteiger partial charge on any atom is -0.314 e. The fourth-order valence-electron chi connectivity index (χ4n) is 1.61. The van der Waals surface area contributed by atoms with Crippen LogP contribution < -0.4 is 5.32 Å². The Morgan fingerprint density at radius 1 is 1.53 bits per heavy atom. The number of hydrogen-bond donors (Lipinski definition) is 1. The third kappa shape index (κ3) is 3.47. The molecule has 1 N–H and O–H groups in total. The average Bonchev–Trinajstić information content (AvgIpc) is 2.94. The van der Waals surface area contributed by atoms with Gasteiger partial charge in [-0.15, -0.1) is 11.3 Å². The van der Waals surface area contributed by atoms with Crippen LogP contribution in [0.3, 0.4) is 0 Å². The highest BCUT2D eigenvalue weighted by Crippen LogP contribution is 2.23. The number of nitrogens with one attached hydrogen (secondary N) is 1. The summed E-state index contributed by atoms with van der Waals surface area (Å²) in [4.78, 5) is 2.81. The first-order chi connectivity index (χ1) is 7.25. The molecule has 1 nitrogen and oxygen atoms in total. The second kappa shape index (κ2) is 4.95. The van der Waals surface area contributed by atoms with Crippen LogP contribution in [0.1, 0.15) is 35.9 Å². The summed E-state index contributed by atoms with van der Waals surface area (Å²) in [7, 11) is 0. The Morgan fingerprint density at radius 2 is 2.33 bits per heavy atom. The van der Waals surface area contributed by atoms with Gasteiger partial charge in [-0.05, 0) is 57.4 Å². The smallest absolute Gasteiger partial charge is 0.0299 e. The van der Waals surface area contributed by atoms with Crippen molar-refractivity contribution in [3.63, 3.8) is 0 Å². The Hall–Kier alpha value is -0.600. The zero-order chi connectivity index (χ0) is 10.7. The van der Waals surface area contributed by atoms with Crippen molar-refractivity contribution < 1.29 is 0 Å². The molecule has 1 heterocycles. The normalized spacial score (nSPS) is 17.1. The van der Waals surface area contributed by atoms with Gasteiger partial charge < -0.3 is 5.32 Å². The van der Waals surface area contributed by atoms with Gasteiger partial charge in [-0.2, -0.15) is 0 Å². The van der Waals surface area contributed by atoms with Crippen molar-refractivity contribution in [3.05, 3.63) is 28.0 Å². The summed E-state index contributed by atoms with van der Waals surface area (Å²) in [5.41, 5.74) is 1.42. The highest BCUT2D eigenvalue weighted by atomic mass is 32.1. The first kappa shape index (κ1) is 10.9. The third-order valence-electron chi connectivity index (χ3n) is 2.73. The molecule has 0 atom stereocenters. The van der Waals surface area contributed by atoms with E-state index in [-0.39, 0.29) is 0 Å². The van der Waals surface area contributed by atoms with Crippen LogP contribution in [0.5, 0.6) is 0 Å². The highest BCUT2D eigenvalue weighted by Gasteiger charge is 2.19. The summed E-state index contributed by atoms with van der Waals surface area (Å²) in [6, 6.07) is 5.25. The number of hydrogen-bond acceptors (Lipinski definition) is 2. The van der Waals surface area contributed by atoms with E-state index in [0.717, 1.165) is 19.0 Å². The van der Waals surface area contributed by atoms with Gasteiger partial charge in [-0.3, -0.25) is 0 Å². The maximum Gasteiger partial charge on any atom is 0.0299 e. The van der Waals surface area contributed by atoms with Crippen LogP contribution in [-0.2, 0) is 0 Å². The predicted molar refractivity (Wildman–Crippen MR) is 68.3 cm³/mol. The van der Waals surface area contributed by atoms with Gasteiger partial charge >= 0.3 is 0 Å². The lowest BCUT2D eigenvalue weighted by molar-refractivity contribution is 0.690. The minimum atomic E-state index is 0.836. The van der Waals surface area contributed by atoms with Gasteiger partial charge in [-0.1, -0.05) is 6.08 Å². The molecule has 1 aromatic heterocycles. The summed E-state index contributed by atoms with van der Waals surface area (Å²) >= 11 is 1.88. The first-order valence-electron chi connectivity index (χ1n) is 5.72. The van der Waals surface area contributed by atoms with Crippen molar-refractivity contribution in [3.8, 4) is 0 Å². The first-order valence-corrected chi connectivity index (χ1v) is 6.54. The van der Waals surface area contributed by atoms with Crippen LogP contribution in [0.4, 0.5) is 0 Å². The fraction of sp³-hybridized carbons (Fsp3) is 0.538. The molecule has 0 bridgehead atoms. The zero-order valence-corrected chi connectivity index (χ0v) is 10.4. The Balaban J connectivity index is 1.78. The summed E-state index contributed by atoms with van der Waals surface area (Å²) in [5.74, 6) is 0. The molecule has 1 aliphatic carbocycles. The molecular weight excluding hydrogens is 202 g/mol. The SMILES string of the molecule is CC(=CCCNC1CC1)c1ccc(C)s1. The molecule has 1 aliphatic rings. The van der Waals surface area contributed by atoms with E-state index < -0.39 is 0 Å². The van der Waals surface area contributed by atoms with E-state index in [2.05, 4.69) is 37.4 Å². The maximum atomic E-state index is 3.53. The number of aryl methyl sites for hydroxylation is 1. The molecule has 0 unspecified atom stereocenters. The van der Waals surface area contributed by atoms with Crippen LogP contribution in [0.25, 0.3) is 5.57 Å². The molecule has 15 heavy (non-hydrogen) atoms. The van der Waals surface area contributed by atoms with E-state index in [9.17, 15) is 0 Å². The van der Waals surface area contributed by atoms with Crippen molar-refractivity contribution in [2.45, 2.75) is 39.2 Å². The molecule has 2 heteroatoms. The summed E-state index contributed by atoms with van der Waals surface area (Å²) in [6.45, 7) is 5.50. The van der Waals surface area contributed by atoms with Crippen LogP contribution >= 0.6 is 11.3 Å². The molecular formula is C13H19NS. The molecule has 1 fully saturated rings. The Bertz CT molecular complexity index is 347. The van der Waals surface area contributed by atoms with Gasteiger partial charge in [0.1, 0.15) is 0 Å². The number of rotatable bonds is 5. The molecule has 1 aromatic rings. The van der Waals surface area contributed by atoms with E-state index in [4.69, 9.17) is 0 Å². The van der Waals surface area contributed by atoms with Crippen molar-refractivity contribution in [1.29, 1.82) is 0 Å². The van der Waals surface area contributed by atoms with Gasteiger partial charge in [0.2, 0.25) is 0 Å². The van der Waals surface area contributed by atoms with Crippen LogP contribution in [-0.4, -0.2) is 12.6 Å². The number of allylic oxidation sites excluding steroid dienone is 1. The van der Waals surface area contributed by atoms with Gasteiger partial charge in [0.25, 0.3) is 0 Å². The van der Waals surface area contributed by atoms with Crippen molar-refractivity contribution in [1.82, 2.24) is 5.32 Å². The van der Waals surface area contributed by atoms with E-state index >= 15 is 0 Å². The summed E-state index contributed by atoms with van der Waals surface area (Å²) in [6.07, 6.45) is 6.26. The Kier molecular flexibility index (Phi) is 3.60. The zero-order valence-electron chi connectivity index (χ0n) is 9.55. The van der Waals surface area contributed by atoms with Crippen LogP contribution in [0, 0.1) is 6.92 Å². The van der Waals surface area contributed by atoms with E-state index in [0.29, 0.717) is 0 Å². The fourth-order valence-corrected chi connectivity index (χ4v) is 2.47. The number of thiophene rings is 1. The molecule has 0 aliphatic heterocycles. The standard InChI is InChI=1S/C13H19NS/c1-10(13-8-5-11(2)15-13)4-3-9-14-12-6-7-12/h4-5,8,12,14H,3,6-7,9H2,1-2H3. The molecule has 0 amide bonds. The van der Waals surface area contributed by atoms with Gasteiger partial charge in [0.15, 0.2) is 0 Å². The van der Waals surface area contributed by atoms with E-state index in [1.165, 1.54) is 28.2 Å². The van der Waals surface area contributed by atoms with Crippen molar-refractivity contribution in [2.75, 3.05) is 6.54 Å². The summed E-state index contributed by atoms with van der Waals surface area (Å²) in [5, 5.41) is 3.53. The predicted octanol–water partition coefficient (Wildman–Crippen LogP) is 3.60. The van der Waals surface area contributed by atoms with Gasteiger partial charge in [0, 0.05) is 15.8 Å². The Labute approximate surface area is 96.2 Å². The van der Waals surface area contributed by atoms with Crippen LogP contribution in [0.15, 0.2) is 18.2 Å². The second-order valence-electron chi connectivity index (χ2n) is 4.31. The lowest BCUT2D eigenvalue weighted by atomic mass is 10.2. The van der Waals surface area contributed by atoms with Crippen LogP contribution in [0.2, 0.25) is 0 Å². The van der Waals surface area contributed by atoms with Crippen molar-refractivity contribution >= 4 is 16.9 Å². The monoisotopic (exact) mass is 221 g/mol. The third-order valence-corrected chi connectivity index (χ3v) is 3.87. The van der Waals surface area contributed by atoms with E-state index in [1.807, 2.05) is 11.3 Å². The highest BCUT2D eigenvalue weighted by molar-refractivity contribution is 7.13. The average molecular weight is 221 g/mol. The molecule has 0 radical (unpaired) electrons. The molecule has 2 rings (SSSR count).